The molecule has 74 valence electrons. The van der Waals surface area contributed by atoms with Crippen molar-refractivity contribution >= 4 is 5.97 Å². The highest BCUT2D eigenvalue weighted by Gasteiger charge is 2.48. The largest absolute Gasteiger partial charge is 0.467 e. The Morgan fingerprint density at radius 3 is 2.69 bits per heavy atom. The highest BCUT2D eigenvalue weighted by atomic mass is 16.6. The lowest BCUT2D eigenvalue weighted by Gasteiger charge is -2.53. The zero-order valence-corrected chi connectivity index (χ0v) is 7.84. The molecule has 1 aliphatic carbocycles. The zero-order valence-electron chi connectivity index (χ0n) is 7.84. The molecule has 0 radical (unpaired) electrons. The van der Waals surface area contributed by atoms with Gasteiger partial charge in [0.15, 0.2) is 0 Å². The molecule has 0 bridgehead atoms. The third kappa shape index (κ3) is 1.69. The molecule has 1 N–H and O–H groups in total. The molecule has 4 nitrogen and oxygen atoms in total. The Morgan fingerprint density at radius 1 is 1.54 bits per heavy atom. The number of esters is 1. The van der Waals surface area contributed by atoms with Crippen LogP contribution in [0, 0.1) is 5.41 Å². The number of hydrogen-bond acceptors (Lipinski definition) is 4. The Hall–Kier alpha value is -0.610. The number of hydrogen-bond donors (Lipinski definition) is 1. The number of rotatable bonds is 3. The van der Waals surface area contributed by atoms with E-state index in [0.717, 1.165) is 25.9 Å². The monoisotopic (exact) mass is 185 g/mol. The predicted molar refractivity (Wildman–Crippen MR) is 46.3 cm³/mol. The third-order valence-corrected chi connectivity index (χ3v) is 2.99. The van der Waals surface area contributed by atoms with Crippen molar-refractivity contribution in [1.29, 1.82) is 0 Å². The Kier molecular flexibility index (Phi) is 2.26. The molecule has 2 rings (SSSR count). The summed E-state index contributed by atoms with van der Waals surface area (Å²) in [5.74, 6) is -0.285. The van der Waals surface area contributed by atoms with Crippen molar-refractivity contribution in [3.05, 3.63) is 0 Å². The number of carbonyl (C=O) groups excluding carboxylic acids is 1. The lowest BCUT2D eigenvalue weighted by atomic mass is 9.63. The van der Waals surface area contributed by atoms with E-state index < -0.39 is 0 Å². The van der Waals surface area contributed by atoms with Gasteiger partial charge in [0.1, 0.15) is 6.61 Å². The molecule has 13 heavy (non-hydrogen) atoms. The van der Waals surface area contributed by atoms with Gasteiger partial charge >= 0.3 is 5.97 Å². The van der Waals surface area contributed by atoms with Gasteiger partial charge in [-0.15, -0.1) is 0 Å². The van der Waals surface area contributed by atoms with E-state index in [9.17, 15) is 4.79 Å². The summed E-state index contributed by atoms with van der Waals surface area (Å²) in [7, 11) is 1.38. The van der Waals surface area contributed by atoms with Crippen LogP contribution in [0.3, 0.4) is 0 Å². The van der Waals surface area contributed by atoms with Gasteiger partial charge in [-0.3, -0.25) is 0 Å². The molecule has 0 amide bonds. The fourth-order valence-corrected chi connectivity index (χ4v) is 2.04. The van der Waals surface area contributed by atoms with Crippen LogP contribution < -0.4 is 5.32 Å². The van der Waals surface area contributed by atoms with Crippen LogP contribution in [0.25, 0.3) is 0 Å². The Bertz CT molecular complexity index is 205. The second-order valence-electron chi connectivity index (χ2n) is 4.02. The van der Waals surface area contributed by atoms with E-state index in [4.69, 9.17) is 4.74 Å². The van der Waals surface area contributed by atoms with Crippen LogP contribution in [0.4, 0.5) is 0 Å². The maximum atomic E-state index is 10.7. The minimum absolute atomic E-state index is 0.102. The van der Waals surface area contributed by atoms with Crippen LogP contribution in [-0.4, -0.2) is 38.9 Å². The van der Waals surface area contributed by atoms with Crippen LogP contribution >= 0.6 is 0 Å². The van der Waals surface area contributed by atoms with Crippen LogP contribution in [0.1, 0.15) is 12.8 Å². The number of nitrogens with one attached hydrogen (secondary N) is 1. The highest BCUT2D eigenvalue weighted by Crippen LogP contribution is 2.45. The SMILES string of the molecule is COC(=O)COC1CC2(CNC2)C1. The average Bonchev–Trinajstić information content (AvgIpc) is 1.98. The van der Waals surface area contributed by atoms with Gasteiger partial charge in [0.25, 0.3) is 0 Å². The van der Waals surface area contributed by atoms with Gasteiger partial charge in [-0.25, -0.2) is 4.79 Å². The van der Waals surface area contributed by atoms with E-state index >= 15 is 0 Å². The number of methoxy groups -OCH3 is 1. The van der Waals surface area contributed by atoms with Crippen molar-refractivity contribution in [3.8, 4) is 0 Å². The summed E-state index contributed by atoms with van der Waals surface area (Å²) in [5.41, 5.74) is 0.515. The Morgan fingerprint density at radius 2 is 2.23 bits per heavy atom. The van der Waals surface area contributed by atoms with Gasteiger partial charge < -0.3 is 14.8 Å². The molecule has 4 heteroatoms. The first kappa shape index (κ1) is 8.97. The van der Waals surface area contributed by atoms with Crippen molar-refractivity contribution < 1.29 is 14.3 Å². The van der Waals surface area contributed by atoms with E-state index in [-0.39, 0.29) is 18.7 Å². The van der Waals surface area contributed by atoms with E-state index in [1.807, 2.05) is 0 Å². The normalized spacial score (nSPS) is 25.0. The van der Waals surface area contributed by atoms with Crippen LogP contribution in [0.5, 0.6) is 0 Å². The lowest BCUT2D eigenvalue weighted by Crippen LogP contribution is -2.62. The minimum atomic E-state index is -0.285. The van der Waals surface area contributed by atoms with E-state index in [2.05, 4.69) is 10.1 Å². The molecule has 0 aromatic carbocycles. The molecule has 1 aliphatic heterocycles. The summed E-state index contributed by atoms with van der Waals surface area (Å²) >= 11 is 0. The standard InChI is InChI=1S/C9H15NO3/c1-12-8(11)4-13-7-2-9(3-7)5-10-6-9/h7,10H,2-6H2,1H3. The molecule has 2 aliphatic rings. The van der Waals surface area contributed by atoms with Crippen molar-refractivity contribution in [1.82, 2.24) is 5.32 Å². The van der Waals surface area contributed by atoms with Gasteiger partial charge in [-0.1, -0.05) is 0 Å². The second-order valence-corrected chi connectivity index (χ2v) is 4.02. The zero-order chi connectivity index (χ0) is 9.31. The first-order valence-electron chi connectivity index (χ1n) is 4.63. The highest BCUT2D eigenvalue weighted by molar-refractivity contribution is 5.70. The smallest absolute Gasteiger partial charge is 0.331 e. The van der Waals surface area contributed by atoms with Crippen LogP contribution in [0.2, 0.25) is 0 Å². The molecule has 1 spiro atoms. The fourth-order valence-electron chi connectivity index (χ4n) is 2.04. The quantitative estimate of drug-likeness (QED) is 0.625. The summed E-state index contributed by atoms with van der Waals surface area (Å²) in [6.45, 7) is 2.33. The van der Waals surface area contributed by atoms with Crippen LogP contribution in [-0.2, 0) is 14.3 Å². The van der Waals surface area contributed by atoms with E-state index in [1.165, 1.54) is 7.11 Å². The second kappa shape index (κ2) is 3.27. The van der Waals surface area contributed by atoms with E-state index in [1.54, 1.807) is 0 Å². The predicted octanol–water partition coefficient (Wildman–Crippen LogP) is -0.0720. The minimum Gasteiger partial charge on any atom is -0.467 e. The molecule has 1 saturated heterocycles. The summed E-state index contributed by atoms with van der Waals surface area (Å²) in [4.78, 5) is 10.7. The topological polar surface area (TPSA) is 47.6 Å². The third-order valence-electron chi connectivity index (χ3n) is 2.99. The van der Waals surface area contributed by atoms with Crippen molar-refractivity contribution in [2.24, 2.45) is 5.41 Å². The van der Waals surface area contributed by atoms with Gasteiger partial charge in [0.05, 0.1) is 13.2 Å². The van der Waals surface area contributed by atoms with Gasteiger partial charge in [-0.05, 0) is 12.8 Å². The maximum Gasteiger partial charge on any atom is 0.331 e. The summed E-state index contributed by atoms with van der Waals surface area (Å²) in [5, 5.41) is 3.25. The van der Waals surface area contributed by atoms with Gasteiger partial charge in [0.2, 0.25) is 0 Å². The molecule has 0 aromatic heterocycles. The summed E-state index contributed by atoms with van der Waals surface area (Å²) < 4.78 is 9.84. The summed E-state index contributed by atoms with van der Waals surface area (Å²) in [6.07, 6.45) is 2.47. The molecule has 0 aromatic rings. The number of carbonyl (C=O) groups is 1. The first-order valence-corrected chi connectivity index (χ1v) is 4.63. The van der Waals surface area contributed by atoms with Crippen molar-refractivity contribution in [3.63, 3.8) is 0 Å². The molecule has 0 unspecified atom stereocenters. The molecule has 0 atom stereocenters. The fraction of sp³-hybridized carbons (Fsp3) is 0.889. The van der Waals surface area contributed by atoms with Gasteiger partial charge in [0, 0.05) is 18.5 Å². The lowest BCUT2D eigenvalue weighted by molar-refractivity contribution is -0.157. The van der Waals surface area contributed by atoms with Gasteiger partial charge in [-0.2, -0.15) is 0 Å². The molecule has 1 saturated carbocycles. The molecular formula is C9H15NO3. The number of ether oxygens (including phenoxy) is 2. The Labute approximate surface area is 77.6 Å². The first-order chi connectivity index (χ1) is 6.24. The molecule has 1 heterocycles. The van der Waals surface area contributed by atoms with Crippen molar-refractivity contribution in [2.45, 2.75) is 18.9 Å². The Balaban J connectivity index is 1.61. The summed E-state index contributed by atoms with van der Waals surface area (Å²) in [6, 6.07) is 0. The molecular weight excluding hydrogens is 170 g/mol. The average molecular weight is 185 g/mol. The molecule has 2 fully saturated rings. The van der Waals surface area contributed by atoms with Crippen LogP contribution in [0.15, 0.2) is 0 Å². The maximum absolute atomic E-state index is 10.7. The van der Waals surface area contributed by atoms with E-state index in [0.29, 0.717) is 5.41 Å². The van der Waals surface area contributed by atoms with Crippen molar-refractivity contribution in [2.75, 3.05) is 26.8 Å².